The van der Waals surface area contributed by atoms with Gasteiger partial charge in [0.1, 0.15) is 0 Å². The first-order valence-corrected chi connectivity index (χ1v) is 6.68. The molecular formula is C14H27NO3. The summed E-state index contributed by atoms with van der Waals surface area (Å²) in [6, 6.07) is 0. The number of nitrogens with one attached hydrogen (secondary N) is 1. The number of terminal acetylenes is 1. The molecule has 0 fully saturated rings. The number of unbranched alkanes of at least 4 members (excludes halogenated alkanes) is 2. The van der Waals surface area contributed by atoms with E-state index >= 15 is 0 Å². The quantitative estimate of drug-likeness (QED) is 0.407. The molecule has 0 spiro atoms. The Morgan fingerprint density at radius 2 is 2.06 bits per heavy atom. The van der Waals surface area contributed by atoms with E-state index in [0.717, 1.165) is 25.8 Å². The molecule has 0 amide bonds. The Hall–Kier alpha value is -0.600. The van der Waals surface area contributed by atoms with E-state index in [1.54, 1.807) is 0 Å². The van der Waals surface area contributed by atoms with E-state index in [1.165, 1.54) is 0 Å². The van der Waals surface area contributed by atoms with Gasteiger partial charge in [-0.05, 0) is 33.2 Å². The predicted octanol–water partition coefficient (Wildman–Crippen LogP) is 1.18. The van der Waals surface area contributed by atoms with Gasteiger partial charge in [-0.15, -0.1) is 12.3 Å². The van der Waals surface area contributed by atoms with Crippen LogP contribution in [0, 0.1) is 12.3 Å². The average Bonchev–Trinajstić information content (AvgIpc) is 2.33. The van der Waals surface area contributed by atoms with Crippen LogP contribution in [-0.4, -0.2) is 50.2 Å². The molecule has 0 bridgehead atoms. The molecule has 0 rings (SSSR count). The normalized spacial score (nSPS) is 12.6. The number of hydrogen-bond donors (Lipinski definition) is 2. The molecule has 0 aromatic carbocycles. The summed E-state index contributed by atoms with van der Waals surface area (Å²) in [7, 11) is 0. The minimum absolute atomic E-state index is 0.225. The lowest BCUT2D eigenvalue weighted by Crippen LogP contribution is -2.31. The van der Waals surface area contributed by atoms with Gasteiger partial charge in [0.05, 0.1) is 32.0 Å². The zero-order valence-corrected chi connectivity index (χ0v) is 11.7. The molecule has 0 heterocycles. The Labute approximate surface area is 111 Å². The molecule has 4 heteroatoms. The highest BCUT2D eigenvalue weighted by Gasteiger charge is 2.03. The maximum Gasteiger partial charge on any atom is 0.0897 e. The Bertz CT molecular complexity index is 214. The highest BCUT2D eigenvalue weighted by Crippen LogP contribution is 1.92. The Balaban J connectivity index is 3.17. The van der Waals surface area contributed by atoms with Crippen molar-refractivity contribution in [3.05, 3.63) is 0 Å². The van der Waals surface area contributed by atoms with Gasteiger partial charge in [0.15, 0.2) is 0 Å². The topological polar surface area (TPSA) is 50.7 Å². The van der Waals surface area contributed by atoms with Crippen LogP contribution in [0.25, 0.3) is 0 Å². The third-order valence-corrected chi connectivity index (χ3v) is 2.29. The lowest BCUT2D eigenvalue weighted by atomic mass is 10.2. The third-order valence-electron chi connectivity index (χ3n) is 2.29. The smallest absolute Gasteiger partial charge is 0.0897 e. The first-order valence-electron chi connectivity index (χ1n) is 6.68. The number of hydrogen-bond acceptors (Lipinski definition) is 4. The highest BCUT2D eigenvalue weighted by atomic mass is 16.5. The summed E-state index contributed by atoms with van der Waals surface area (Å²) >= 11 is 0. The number of aliphatic hydroxyl groups is 1. The first kappa shape index (κ1) is 17.4. The van der Waals surface area contributed by atoms with Gasteiger partial charge >= 0.3 is 0 Å². The second-order valence-corrected chi connectivity index (χ2v) is 4.51. The highest BCUT2D eigenvalue weighted by molar-refractivity contribution is 4.82. The van der Waals surface area contributed by atoms with Crippen LogP contribution in [-0.2, 0) is 9.47 Å². The van der Waals surface area contributed by atoms with Crippen LogP contribution in [0.3, 0.4) is 0 Å². The molecule has 0 saturated carbocycles. The monoisotopic (exact) mass is 257 g/mol. The maximum atomic E-state index is 9.60. The Kier molecular flexibility index (Phi) is 12.4. The van der Waals surface area contributed by atoms with Crippen molar-refractivity contribution in [2.24, 2.45) is 0 Å². The summed E-state index contributed by atoms with van der Waals surface area (Å²) < 4.78 is 10.6. The van der Waals surface area contributed by atoms with Gasteiger partial charge < -0.3 is 19.9 Å². The fourth-order valence-corrected chi connectivity index (χ4v) is 1.37. The molecule has 0 aromatic heterocycles. The van der Waals surface area contributed by atoms with Gasteiger partial charge in [-0.1, -0.05) is 0 Å². The van der Waals surface area contributed by atoms with Crippen LogP contribution >= 0.6 is 0 Å². The SMILES string of the molecule is C#CCCCCNCC(O)COCCOC(C)C. The number of rotatable bonds is 12. The maximum absolute atomic E-state index is 9.60. The summed E-state index contributed by atoms with van der Waals surface area (Å²) in [4.78, 5) is 0. The van der Waals surface area contributed by atoms with Gasteiger partial charge in [-0.2, -0.15) is 0 Å². The zero-order valence-electron chi connectivity index (χ0n) is 11.7. The van der Waals surface area contributed by atoms with Crippen LogP contribution in [0.2, 0.25) is 0 Å². The molecule has 0 aliphatic carbocycles. The second kappa shape index (κ2) is 12.8. The molecule has 4 nitrogen and oxygen atoms in total. The van der Waals surface area contributed by atoms with Crippen LogP contribution in [0.5, 0.6) is 0 Å². The molecule has 0 aromatic rings. The molecular weight excluding hydrogens is 230 g/mol. The van der Waals surface area contributed by atoms with E-state index in [2.05, 4.69) is 11.2 Å². The number of ether oxygens (including phenoxy) is 2. The Morgan fingerprint density at radius 3 is 2.72 bits per heavy atom. The Morgan fingerprint density at radius 1 is 1.28 bits per heavy atom. The zero-order chi connectivity index (χ0) is 13.6. The molecule has 1 atom stereocenters. The first-order chi connectivity index (χ1) is 8.66. The molecule has 0 aliphatic rings. The summed E-state index contributed by atoms with van der Waals surface area (Å²) in [6.07, 6.45) is 7.81. The van der Waals surface area contributed by atoms with Gasteiger partial charge in [-0.3, -0.25) is 0 Å². The van der Waals surface area contributed by atoms with Crippen LogP contribution in [0.1, 0.15) is 33.1 Å². The van der Waals surface area contributed by atoms with Gasteiger partial charge in [0.25, 0.3) is 0 Å². The van der Waals surface area contributed by atoms with Crippen molar-refractivity contribution in [3.8, 4) is 12.3 Å². The summed E-state index contributed by atoms with van der Waals surface area (Å²) in [5, 5.41) is 12.8. The molecule has 0 radical (unpaired) electrons. The van der Waals surface area contributed by atoms with Crippen molar-refractivity contribution in [3.63, 3.8) is 0 Å². The third kappa shape index (κ3) is 13.5. The fourth-order valence-electron chi connectivity index (χ4n) is 1.37. The average molecular weight is 257 g/mol. The van der Waals surface area contributed by atoms with Crippen LogP contribution in [0.4, 0.5) is 0 Å². The lowest BCUT2D eigenvalue weighted by Gasteiger charge is -2.13. The van der Waals surface area contributed by atoms with Crippen molar-refractivity contribution in [1.82, 2.24) is 5.32 Å². The van der Waals surface area contributed by atoms with E-state index in [9.17, 15) is 5.11 Å². The largest absolute Gasteiger partial charge is 0.389 e. The van der Waals surface area contributed by atoms with E-state index < -0.39 is 6.10 Å². The van der Waals surface area contributed by atoms with Crippen molar-refractivity contribution >= 4 is 0 Å². The molecule has 0 aliphatic heterocycles. The minimum Gasteiger partial charge on any atom is -0.389 e. The van der Waals surface area contributed by atoms with Gasteiger partial charge in [0.2, 0.25) is 0 Å². The second-order valence-electron chi connectivity index (χ2n) is 4.51. The van der Waals surface area contributed by atoms with Crippen LogP contribution in [0.15, 0.2) is 0 Å². The lowest BCUT2D eigenvalue weighted by molar-refractivity contribution is -0.00992. The minimum atomic E-state index is -0.461. The van der Waals surface area contributed by atoms with Crippen molar-refractivity contribution in [2.45, 2.75) is 45.3 Å². The molecule has 2 N–H and O–H groups in total. The van der Waals surface area contributed by atoms with E-state index in [-0.39, 0.29) is 6.10 Å². The van der Waals surface area contributed by atoms with Crippen LogP contribution < -0.4 is 5.32 Å². The molecule has 106 valence electrons. The molecule has 0 saturated heterocycles. The van der Waals surface area contributed by atoms with E-state index in [1.807, 2.05) is 13.8 Å². The fraction of sp³-hybridized carbons (Fsp3) is 0.857. The number of aliphatic hydroxyl groups excluding tert-OH is 1. The van der Waals surface area contributed by atoms with Crippen molar-refractivity contribution < 1.29 is 14.6 Å². The molecule has 1 unspecified atom stereocenters. The summed E-state index contributed by atoms with van der Waals surface area (Å²) in [6.45, 7) is 6.86. The van der Waals surface area contributed by atoms with Crippen molar-refractivity contribution in [2.75, 3.05) is 32.9 Å². The molecule has 18 heavy (non-hydrogen) atoms. The van der Waals surface area contributed by atoms with E-state index in [4.69, 9.17) is 15.9 Å². The summed E-state index contributed by atoms with van der Waals surface area (Å²) in [5.41, 5.74) is 0. The summed E-state index contributed by atoms with van der Waals surface area (Å²) in [5.74, 6) is 2.61. The van der Waals surface area contributed by atoms with Gasteiger partial charge in [0, 0.05) is 13.0 Å². The standard InChI is InChI=1S/C14H27NO3/c1-4-5-6-7-8-15-11-14(16)12-17-9-10-18-13(2)3/h1,13-16H,5-12H2,2-3H3. The van der Waals surface area contributed by atoms with Gasteiger partial charge in [-0.25, -0.2) is 0 Å². The predicted molar refractivity (Wildman–Crippen MR) is 73.5 cm³/mol. The van der Waals surface area contributed by atoms with E-state index in [0.29, 0.717) is 26.4 Å². The van der Waals surface area contributed by atoms with Crippen molar-refractivity contribution in [1.29, 1.82) is 0 Å².